The van der Waals surface area contributed by atoms with Gasteiger partial charge in [-0.15, -0.1) is 0 Å². The standard InChI is InChI=1S/C15H24N2O2Si/c1-15(2,3)20(4,5)19-10-6-9-18-14-8-7-13(11-16)12-17-14/h7-8,12H,6,9-10H2,1-5H3. The molecule has 20 heavy (non-hydrogen) atoms. The lowest BCUT2D eigenvalue weighted by atomic mass is 10.2. The third kappa shape index (κ3) is 4.95. The third-order valence-electron chi connectivity index (χ3n) is 3.67. The van der Waals surface area contributed by atoms with Crippen molar-refractivity contribution in [1.29, 1.82) is 5.26 Å². The number of hydrogen-bond donors (Lipinski definition) is 0. The third-order valence-corrected chi connectivity index (χ3v) is 8.21. The van der Waals surface area contributed by atoms with Gasteiger partial charge in [0, 0.05) is 25.3 Å². The first-order chi connectivity index (χ1) is 9.26. The summed E-state index contributed by atoms with van der Waals surface area (Å²) in [6.45, 7) is 12.5. The average molecular weight is 292 g/mol. The highest BCUT2D eigenvalue weighted by Gasteiger charge is 2.36. The topological polar surface area (TPSA) is 55.1 Å². The van der Waals surface area contributed by atoms with Crippen molar-refractivity contribution in [1.82, 2.24) is 4.98 Å². The Bertz CT molecular complexity index is 458. The van der Waals surface area contributed by atoms with Crippen molar-refractivity contribution < 1.29 is 9.16 Å². The molecule has 0 spiro atoms. The van der Waals surface area contributed by atoms with Gasteiger partial charge in [0.05, 0.1) is 12.2 Å². The van der Waals surface area contributed by atoms with Gasteiger partial charge in [-0.25, -0.2) is 4.98 Å². The molecule has 4 nitrogen and oxygen atoms in total. The van der Waals surface area contributed by atoms with Gasteiger partial charge in [0.25, 0.3) is 0 Å². The zero-order chi connectivity index (χ0) is 15.2. The highest BCUT2D eigenvalue weighted by atomic mass is 28.4. The number of ether oxygens (including phenoxy) is 1. The molecule has 0 bridgehead atoms. The van der Waals surface area contributed by atoms with Crippen LogP contribution in [0.4, 0.5) is 0 Å². The Labute approximate surface area is 122 Å². The molecule has 0 atom stereocenters. The maximum absolute atomic E-state index is 8.67. The lowest BCUT2D eigenvalue weighted by Crippen LogP contribution is -2.41. The molecule has 1 aromatic rings. The predicted octanol–water partition coefficient (Wildman–Crippen LogP) is 3.74. The molecule has 0 aliphatic carbocycles. The second-order valence-corrected chi connectivity index (χ2v) is 11.1. The smallest absolute Gasteiger partial charge is 0.213 e. The number of hydrogen-bond acceptors (Lipinski definition) is 4. The van der Waals surface area contributed by atoms with Gasteiger partial charge in [0.2, 0.25) is 5.88 Å². The van der Waals surface area contributed by atoms with Crippen LogP contribution in [0.2, 0.25) is 18.1 Å². The van der Waals surface area contributed by atoms with Crippen LogP contribution < -0.4 is 4.74 Å². The van der Waals surface area contributed by atoms with Crippen LogP contribution in [0, 0.1) is 11.3 Å². The summed E-state index contributed by atoms with van der Waals surface area (Å²) in [5.74, 6) is 0.552. The second-order valence-electron chi connectivity index (χ2n) is 6.31. The van der Waals surface area contributed by atoms with Crippen LogP contribution in [0.3, 0.4) is 0 Å². The zero-order valence-electron chi connectivity index (χ0n) is 13.1. The summed E-state index contributed by atoms with van der Waals surface area (Å²) in [5, 5.41) is 8.91. The molecule has 0 amide bonds. The van der Waals surface area contributed by atoms with Gasteiger partial charge < -0.3 is 9.16 Å². The first-order valence-electron chi connectivity index (χ1n) is 6.89. The lowest BCUT2D eigenvalue weighted by molar-refractivity contribution is 0.229. The first kappa shape index (κ1) is 16.7. The Morgan fingerprint density at radius 1 is 1.25 bits per heavy atom. The molecule has 1 aromatic heterocycles. The molecular formula is C15H24N2O2Si. The van der Waals surface area contributed by atoms with Gasteiger partial charge >= 0.3 is 0 Å². The van der Waals surface area contributed by atoms with Crippen LogP contribution in [-0.4, -0.2) is 26.5 Å². The Kier molecular flexibility index (Phi) is 5.72. The van der Waals surface area contributed by atoms with E-state index in [9.17, 15) is 0 Å². The summed E-state index contributed by atoms with van der Waals surface area (Å²) in [5.41, 5.74) is 0.540. The summed E-state index contributed by atoms with van der Waals surface area (Å²) in [6.07, 6.45) is 2.36. The maximum atomic E-state index is 8.67. The normalized spacial score (nSPS) is 12.0. The molecule has 5 heteroatoms. The van der Waals surface area contributed by atoms with E-state index in [2.05, 4.69) is 38.8 Å². The summed E-state index contributed by atoms with van der Waals surface area (Å²) >= 11 is 0. The van der Waals surface area contributed by atoms with E-state index in [4.69, 9.17) is 14.4 Å². The van der Waals surface area contributed by atoms with Crippen molar-refractivity contribution in [3.8, 4) is 11.9 Å². The van der Waals surface area contributed by atoms with Crippen molar-refractivity contribution in [3.63, 3.8) is 0 Å². The number of nitrogens with zero attached hydrogens (tertiary/aromatic N) is 2. The Morgan fingerprint density at radius 2 is 1.95 bits per heavy atom. The number of aromatic nitrogens is 1. The summed E-state index contributed by atoms with van der Waals surface area (Å²) in [7, 11) is -1.65. The van der Waals surface area contributed by atoms with Gasteiger partial charge in [-0.3, -0.25) is 0 Å². The van der Waals surface area contributed by atoms with Crippen LogP contribution in [-0.2, 0) is 4.43 Å². The SMILES string of the molecule is CC(C)(C)[Si](C)(C)OCCCOc1ccc(C#N)cn1. The van der Waals surface area contributed by atoms with E-state index in [0.29, 0.717) is 24.7 Å². The molecule has 0 N–H and O–H groups in total. The first-order valence-corrected chi connectivity index (χ1v) is 9.80. The minimum Gasteiger partial charge on any atom is -0.478 e. The summed E-state index contributed by atoms with van der Waals surface area (Å²) in [6, 6.07) is 5.45. The fourth-order valence-corrected chi connectivity index (χ4v) is 2.40. The Balaban J connectivity index is 2.27. The highest BCUT2D eigenvalue weighted by Crippen LogP contribution is 2.36. The van der Waals surface area contributed by atoms with Crippen molar-refractivity contribution in [2.45, 2.75) is 45.3 Å². The van der Waals surface area contributed by atoms with E-state index in [1.54, 1.807) is 12.1 Å². The van der Waals surface area contributed by atoms with Crippen molar-refractivity contribution in [2.75, 3.05) is 13.2 Å². The molecular weight excluding hydrogens is 268 g/mol. The van der Waals surface area contributed by atoms with Gasteiger partial charge in [-0.2, -0.15) is 5.26 Å². The van der Waals surface area contributed by atoms with Gasteiger partial charge in [-0.1, -0.05) is 20.8 Å². The monoisotopic (exact) mass is 292 g/mol. The molecule has 0 aromatic carbocycles. The molecule has 0 fully saturated rings. The van der Waals surface area contributed by atoms with Crippen LogP contribution in [0.25, 0.3) is 0 Å². The van der Waals surface area contributed by atoms with Crippen molar-refractivity contribution >= 4 is 8.32 Å². The van der Waals surface area contributed by atoms with Crippen LogP contribution in [0.15, 0.2) is 18.3 Å². The molecule has 1 heterocycles. The van der Waals surface area contributed by atoms with E-state index in [1.807, 2.05) is 6.07 Å². The van der Waals surface area contributed by atoms with Crippen molar-refractivity contribution in [2.24, 2.45) is 0 Å². The number of nitriles is 1. The molecule has 0 saturated heterocycles. The van der Waals surface area contributed by atoms with Gasteiger partial charge in [-0.05, 0) is 24.2 Å². The van der Waals surface area contributed by atoms with E-state index in [0.717, 1.165) is 6.42 Å². The fraction of sp³-hybridized carbons (Fsp3) is 0.600. The molecule has 0 aliphatic heterocycles. The molecule has 0 aliphatic rings. The number of rotatable bonds is 6. The number of pyridine rings is 1. The molecule has 1 rings (SSSR count). The van der Waals surface area contributed by atoms with Crippen LogP contribution in [0.5, 0.6) is 5.88 Å². The fourth-order valence-electron chi connectivity index (χ4n) is 1.31. The highest BCUT2D eigenvalue weighted by molar-refractivity contribution is 6.74. The maximum Gasteiger partial charge on any atom is 0.213 e. The van der Waals surface area contributed by atoms with Crippen molar-refractivity contribution in [3.05, 3.63) is 23.9 Å². The van der Waals surface area contributed by atoms with Gasteiger partial charge in [0.15, 0.2) is 8.32 Å². The minimum absolute atomic E-state index is 0.239. The quantitative estimate of drug-likeness (QED) is 0.592. The minimum atomic E-state index is -1.65. The van der Waals surface area contributed by atoms with E-state index >= 15 is 0 Å². The van der Waals surface area contributed by atoms with E-state index in [-0.39, 0.29) is 5.04 Å². The Hall–Kier alpha value is -1.38. The van der Waals surface area contributed by atoms with Gasteiger partial charge in [0.1, 0.15) is 6.07 Å². The van der Waals surface area contributed by atoms with Crippen LogP contribution >= 0.6 is 0 Å². The molecule has 0 unspecified atom stereocenters. The second kappa shape index (κ2) is 6.87. The molecule has 0 radical (unpaired) electrons. The molecule has 110 valence electrons. The zero-order valence-corrected chi connectivity index (χ0v) is 14.1. The summed E-state index contributed by atoms with van der Waals surface area (Å²) in [4.78, 5) is 4.06. The van der Waals surface area contributed by atoms with E-state index in [1.165, 1.54) is 6.20 Å². The predicted molar refractivity (Wildman–Crippen MR) is 82.2 cm³/mol. The summed E-state index contributed by atoms with van der Waals surface area (Å²) < 4.78 is 11.6. The molecule has 0 saturated carbocycles. The lowest BCUT2D eigenvalue weighted by Gasteiger charge is -2.36. The average Bonchev–Trinajstić information content (AvgIpc) is 2.37. The largest absolute Gasteiger partial charge is 0.478 e. The van der Waals surface area contributed by atoms with Crippen LogP contribution in [0.1, 0.15) is 32.8 Å². The Morgan fingerprint density at radius 3 is 2.45 bits per heavy atom. The van der Waals surface area contributed by atoms with E-state index < -0.39 is 8.32 Å².